The highest BCUT2D eigenvalue weighted by molar-refractivity contribution is 5.88. The number of nitrogens with zero attached hydrogens (tertiary/aromatic N) is 6. The van der Waals surface area contributed by atoms with Gasteiger partial charge in [-0.25, -0.2) is 33.1 Å². The Kier molecular flexibility index (Phi) is 19.6. The second-order valence-electron chi connectivity index (χ2n) is 17.7. The molecule has 0 saturated carbocycles. The van der Waals surface area contributed by atoms with Crippen LogP contribution in [0.25, 0.3) is 22.5 Å². The van der Waals surface area contributed by atoms with Crippen molar-refractivity contribution < 1.29 is 77.7 Å². The summed E-state index contributed by atoms with van der Waals surface area (Å²) in [6.45, 7) is 9.63. The molecular weight excluding hydrogens is 976 g/mol. The van der Waals surface area contributed by atoms with Gasteiger partial charge in [-0.1, -0.05) is 0 Å². The molecule has 0 unspecified atom stereocenters. The topological polar surface area (TPSA) is 191 Å². The Balaban J connectivity index is 0.000000304. The molecule has 0 aromatic carbocycles. The van der Waals surface area contributed by atoms with Gasteiger partial charge in [-0.05, 0) is 108 Å². The largest absolute Gasteiger partial charge is 0.480 e. The van der Waals surface area contributed by atoms with Gasteiger partial charge in [0.05, 0.1) is 30.5 Å². The van der Waals surface area contributed by atoms with Crippen molar-refractivity contribution >= 4 is 36.3 Å². The van der Waals surface area contributed by atoms with Crippen LogP contribution in [0.1, 0.15) is 83.3 Å². The monoisotopic (exact) mass is 1030 g/mol. The number of aryl methyl sites for hydroxylation is 1. The molecule has 0 bridgehead atoms. The minimum absolute atomic E-state index is 0. The molecule has 2 saturated heterocycles. The lowest BCUT2D eigenvalue weighted by molar-refractivity contribution is -0.142. The average Bonchev–Trinajstić information content (AvgIpc) is 3.84. The van der Waals surface area contributed by atoms with Crippen molar-refractivity contribution in [2.75, 3.05) is 13.1 Å². The Labute approximate surface area is 401 Å². The van der Waals surface area contributed by atoms with Gasteiger partial charge in [-0.15, -0.1) is 12.4 Å². The zero-order valence-electron chi connectivity index (χ0n) is 38.4. The second kappa shape index (κ2) is 23.6. The van der Waals surface area contributed by atoms with Crippen molar-refractivity contribution in [3.05, 3.63) is 95.3 Å². The van der Waals surface area contributed by atoms with Crippen LogP contribution in [0.2, 0.25) is 0 Å². The van der Waals surface area contributed by atoms with Crippen molar-refractivity contribution in [1.29, 1.82) is 0 Å². The number of carbonyl (C=O) groups is 4. The number of hydrogen-bond acceptors (Lipinski definition) is 11. The fourth-order valence-electron chi connectivity index (χ4n) is 6.67. The number of aromatic nitrogens is 4. The number of Topliss-reactive ketones (excluding diaryl/α,β-unsaturated/α-hetero) is 1. The zero-order valence-corrected chi connectivity index (χ0v) is 39.2. The summed E-state index contributed by atoms with van der Waals surface area (Å²) in [5.41, 5.74) is 3.37. The number of aliphatic carboxylic acids is 1. The van der Waals surface area contributed by atoms with Crippen molar-refractivity contribution in [3.63, 3.8) is 0 Å². The molecule has 4 atom stereocenters. The number of ketones is 1. The van der Waals surface area contributed by atoms with E-state index in [2.05, 4.69) is 19.9 Å². The van der Waals surface area contributed by atoms with Crippen LogP contribution in [0.15, 0.2) is 60.9 Å². The lowest BCUT2D eigenvalue weighted by atomic mass is 10.0. The number of alkyl halides is 8. The minimum atomic E-state index is -4.61. The van der Waals surface area contributed by atoms with Gasteiger partial charge >= 0.3 is 30.5 Å². The number of rotatable bonds is 8. The summed E-state index contributed by atoms with van der Waals surface area (Å²) in [5, 5.41) is 8.83. The first-order valence-electron chi connectivity index (χ1n) is 21.0. The zero-order chi connectivity index (χ0) is 51.8. The highest BCUT2D eigenvalue weighted by Crippen LogP contribution is 2.31. The van der Waals surface area contributed by atoms with E-state index >= 15 is 0 Å². The average molecular weight is 1030 g/mol. The van der Waals surface area contributed by atoms with Crippen LogP contribution in [0.4, 0.5) is 53.5 Å². The second-order valence-corrected chi connectivity index (χ2v) is 17.7. The fraction of sp³-hybridized carbons (Fsp3) is 0.467. The lowest BCUT2D eigenvalue weighted by Gasteiger charge is -2.27. The maximum absolute atomic E-state index is 14.1. The molecule has 2 fully saturated rings. The van der Waals surface area contributed by atoms with Crippen LogP contribution >= 0.6 is 12.4 Å². The number of hydrogen-bond donors (Lipinski definition) is 2. The van der Waals surface area contributed by atoms with Crippen molar-refractivity contribution in [2.45, 2.75) is 122 Å². The van der Waals surface area contributed by atoms with E-state index in [0.717, 1.165) is 46.5 Å². The van der Waals surface area contributed by atoms with Gasteiger partial charge in [-0.3, -0.25) is 24.6 Å². The van der Waals surface area contributed by atoms with E-state index in [1.807, 2.05) is 0 Å². The number of pyridine rings is 4. The molecule has 25 heteroatoms. The molecule has 0 aliphatic carbocycles. The van der Waals surface area contributed by atoms with Crippen LogP contribution in [0.3, 0.4) is 0 Å². The first kappa shape index (κ1) is 58.1. The van der Waals surface area contributed by atoms with E-state index in [9.17, 15) is 63.1 Å². The summed E-state index contributed by atoms with van der Waals surface area (Å²) in [6, 6.07) is 7.02. The first-order chi connectivity index (χ1) is 31.8. The van der Waals surface area contributed by atoms with Crippen molar-refractivity contribution in [1.82, 2.24) is 29.7 Å². The number of halogens is 11. The number of likely N-dealkylation sites (tertiary alicyclic amines) is 2. The molecular formula is C45H50ClF10N7O7. The summed E-state index contributed by atoms with van der Waals surface area (Å²) in [5.74, 6) is -3.22. The number of carboxylic acid groups (broad SMARTS) is 1. The van der Waals surface area contributed by atoms with E-state index in [-0.39, 0.29) is 74.7 Å². The molecule has 3 N–H and O–H groups in total. The van der Waals surface area contributed by atoms with E-state index in [1.54, 1.807) is 41.5 Å². The molecule has 4 aromatic heterocycles. The molecule has 2 aliphatic heterocycles. The number of nitrogens with two attached hydrogens (primary N) is 1. The van der Waals surface area contributed by atoms with Gasteiger partial charge in [0.15, 0.2) is 5.78 Å². The third-order valence-electron chi connectivity index (χ3n) is 9.72. The van der Waals surface area contributed by atoms with Gasteiger partial charge in [0.25, 0.3) is 0 Å². The molecule has 384 valence electrons. The molecule has 4 aromatic rings. The van der Waals surface area contributed by atoms with Crippen LogP contribution in [-0.2, 0) is 44.4 Å². The molecule has 70 heavy (non-hydrogen) atoms. The number of carbonyl (C=O) groups excluding carboxylic acids is 3. The van der Waals surface area contributed by atoms with Crippen LogP contribution < -0.4 is 5.73 Å². The first-order valence-corrected chi connectivity index (χ1v) is 21.0. The van der Waals surface area contributed by atoms with Gasteiger partial charge in [-0.2, -0.15) is 35.1 Å². The Morgan fingerprint density at radius 1 is 0.671 bits per heavy atom. The maximum atomic E-state index is 14.1. The lowest BCUT2D eigenvalue weighted by Crippen LogP contribution is -2.43. The van der Waals surface area contributed by atoms with Gasteiger partial charge in [0, 0.05) is 49.3 Å². The Hall–Kier alpha value is -6.17. The summed E-state index contributed by atoms with van der Waals surface area (Å²) in [4.78, 5) is 63.5. The van der Waals surface area contributed by atoms with Crippen LogP contribution in [0.5, 0.6) is 0 Å². The molecule has 6 heterocycles. The normalized spacial score (nSPS) is 18.1. The minimum Gasteiger partial charge on any atom is -0.480 e. The molecule has 0 spiro atoms. The van der Waals surface area contributed by atoms with E-state index in [1.165, 1.54) is 24.3 Å². The third-order valence-corrected chi connectivity index (χ3v) is 9.72. The molecule has 2 aliphatic rings. The van der Waals surface area contributed by atoms with Gasteiger partial charge in [0.1, 0.15) is 41.0 Å². The Bertz CT molecular complexity index is 2440. The van der Waals surface area contributed by atoms with E-state index in [0.29, 0.717) is 16.7 Å². The summed E-state index contributed by atoms with van der Waals surface area (Å²) >= 11 is 0. The molecule has 6 rings (SSSR count). The van der Waals surface area contributed by atoms with Gasteiger partial charge in [0.2, 0.25) is 11.9 Å². The van der Waals surface area contributed by atoms with Crippen molar-refractivity contribution in [3.8, 4) is 22.5 Å². The quantitative estimate of drug-likeness (QED) is 0.126. The van der Waals surface area contributed by atoms with E-state index < -0.39 is 95.2 Å². The molecule has 14 nitrogen and oxygen atoms in total. The smallest absolute Gasteiger partial charge is 0.433 e. The standard InChI is InChI=1S/C23H24F5N3O3.C12H9F4N3.C10H16FNO4.ClH/c1-22(2,3)34-21(33)31-12-15(24)10-17(31)18(32)6-4-13-8-16(30-20(25)9-13)14-5-7-19(29-11-14)23(26,27)28;13-11-4-7(5-17)3-9(19-11)8-1-2-10(18-6-8)12(14,15)16;1-10(2,3)16-9(15)12-5-6(11)4-7(12)8(13)14;/h5,7-9,11,15,17H,4,6,10,12H2,1-3H3;1-4,6H,5,17H2;6-7H,4-5H2,1-3H3,(H,13,14);1H/t15-,17+;;6-,7+;/m1.1./s1. The van der Waals surface area contributed by atoms with E-state index in [4.69, 9.17) is 20.3 Å². The number of carboxylic acids is 1. The number of ether oxygens (including phenoxy) is 2. The highest BCUT2D eigenvalue weighted by atomic mass is 35.5. The van der Waals surface area contributed by atoms with Gasteiger partial charge < -0.3 is 20.3 Å². The Morgan fingerprint density at radius 3 is 1.44 bits per heavy atom. The maximum Gasteiger partial charge on any atom is 0.433 e. The summed E-state index contributed by atoms with van der Waals surface area (Å²) < 4.78 is 140. The third kappa shape index (κ3) is 17.4. The van der Waals surface area contributed by atoms with Crippen molar-refractivity contribution in [2.24, 2.45) is 5.73 Å². The molecule has 0 radical (unpaired) electrons. The predicted molar refractivity (Wildman–Crippen MR) is 233 cm³/mol. The Morgan fingerprint density at radius 2 is 1.07 bits per heavy atom. The molecule has 2 amide bonds. The predicted octanol–water partition coefficient (Wildman–Crippen LogP) is 9.75. The summed E-state index contributed by atoms with van der Waals surface area (Å²) in [6.07, 6.45) is -11.7. The highest BCUT2D eigenvalue weighted by Gasteiger charge is 2.43. The fourth-order valence-corrected chi connectivity index (χ4v) is 6.67. The summed E-state index contributed by atoms with van der Waals surface area (Å²) in [7, 11) is 0. The van der Waals surface area contributed by atoms with Crippen LogP contribution in [-0.4, -0.2) is 107 Å². The number of amides is 2. The van der Waals surface area contributed by atoms with Crippen LogP contribution in [0, 0.1) is 11.9 Å². The SMILES string of the molecule is CC(C)(C)OC(=O)N1C[C@H](F)C[C@H]1C(=O)CCc1cc(F)nc(-c2ccc(C(F)(F)F)nc2)c1.CC(C)(C)OC(=O)N1C[C@H](F)C[C@H]1C(=O)O.Cl.NCc1cc(F)nc(-c2ccc(C(F)(F)F)nc2)c1.